The van der Waals surface area contributed by atoms with E-state index in [0.717, 1.165) is 30.7 Å². The summed E-state index contributed by atoms with van der Waals surface area (Å²) in [7, 11) is 1.24. The lowest BCUT2D eigenvalue weighted by Crippen LogP contribution is -2.30. The van der Waals surface area contributed by atoms with E-state index in [9.17, 15) is 14.4 Å². The Labute approximate surface area is 174 Å². The van der Waals surface area contributed by atoms with Gasteiger partial charge in [0.15, 0.2) is 16.7 Å². The van der Waals surface area contributed by atoms with Gasteiger partial charge in [-0.15, -0.1) is 6.58 Å². The highest BCUT2D eigenvalue weighted by molar-refractivity contribution is 8.18. The minimum atomic E-state index is -0.628. The summed E-state index contributed by atoms with van der Waals surface area (Å²) in [4.78, 5) is 44.7. The van der Waals surface area contributed by atoms with Gasteiger partial charge >= 0.3 is 11.9 Å². The van der Waals surface area contributed by atoms with Gasteiger partial charge in [0, 0.05) is 19.2 Å². The van der Waals surface area contributed by atoms with Crippen LogP contribution in [0, 0.1) is 0 Å². The number of carbonyl (C=O) groups is 3. The first-order valence-electron chi connectivity index (χ1n) is 9.35. The molecule has 2 rings (SSSR count). The third-order valence-electron chi connectivity index (χ3n) is 4.09. The number of thioether (sulfide) groups is 1. The van der Waals surface area contributed by atoms with Crippen molar-refractivity contribution in [3.8, 4) is 0 Å². The maximum atomic E-state index is 12.6. The van der Waals surface area contributed by atoms with Crippen molar-refractivity contribution in [2.24, 2.45) is 4.99 Å². The van der Waals surface area contributed by atoms with Crippen molar-refractivity contribution >= 4 is 34.8 Å². The first-order chi connectivity index (χ1) is 14.0. The number of unbranched alkanes of at least 4 members (excludes halogenated alkanes) is 1. The van der Waals surface area contributed by atoms with Gasteiger partial charge in [-0.3, -0.25) is 9.69 Å². The normalized spacial score (nSPS) is 19.2. The van der Waals surface area contributed by atoms with Crippen LogP contribution in [-0.2, 0) is 23.9 Å². The zero-order valence-corrected chi connectivity index (χ0v) is 17.7. The quantitative estimate of drug-likeness (QED) is 0.339. The number of rotatable bonds is 9. The van der Waals surface area contributed by atoms with Crippen molar-refractivity contribution in [2.45, 2.75) is 26.7 Å². The number of amidine groups is 1. The minimum absolute atomic E-state index is 0.191. The van der Waals surface area contributed by atoms with Gasteiger partial charge in [0.2, 0.25) is 0 Å². The fraction of sp³-hybridized carbons (Fsp3) is 0.474. The Hall–Kier alpha value is -2.75. The number of nitrogens with one attached hydrogen (secondary N) is 1. The summed E-state index contributed by atoms with van der Waals surface area (Å²) in [5.41, 5.74) is 0.338. The summed E-state index contributed by atoms with van der Waals surface area (Å²) in [6.45, 7) is 9.04. The highest BCUT2D eigenvalue weighted by Gasteiger charge is 2.35. The number of hydrogen-bond acceptors (Lipinski definition) is 9. The van der Waals surface area contributed by atoms with Gasteiger partial charge in [-0.25, -0.2) is 14.6 Å². The molecule has 0 bridgehead atoms. The molecule has 29 heavy (non-hydrogen) atoms. The van der Waals surface area contributed by atoms with Crippen molar-refractivity contribution in [2.75, 3.05) is 33.5 Å². The van der Waals surface area contributed by atoms with Crippen molar-refractivity contribution in [1.82, 2.24) is 15.1 Å². The Morgan fingerprint density at radius 1 is 1.38 bits per heavy atom. The zero-order valence-electron chi connectivity index (χ0n) is 16.9. The van der Waals surface area contributed by atoms with Gasteiger partial charge in [-0.2, -0.15) is 0 Å². The van der Waals surface area contributed by atoms with Crippen molar-refractivity contribution in [3.05, 3.63) is 35.2 Å². The van der Waals surface area contributed by atoms with Gasteiger partial charge in [0.05, 0.1) is 25.3 Å². The van der Waals surface area contributed by atoms with Gasteiger partial charge < -0.3 is 19.7 Å². The van der Waals surface area contributed by atoms with E-state index < -0.39 is 11.9 Å². The molecule has 0 aromatic rings. The Kier molecular flexibility index (Phi) is 8.32. The average molecular weight is 423 g/mol. The molecule has 0 aromatic heterocycles. The van der Waals surface area contributed by atoms with Crippen LogP contribution in [0.15, 0.2) is 40.1 Å². The van der Waals surface area contributed by atoms with E-state index in [4.69, 9.17) is 4.74 Å². The van der Waals surface area contributed by atoms with Gasteiger partial charge in [-0.1, -0.05) is 19.4 Å². The Morgan fingerprint density at radius 3 is 2.76 bits per heavy atom. The number of hydrogen-bond donors (Lipinski definition) is 1. The van der Waals surface area contributed by atoms with Gasteiger partial charge in [-0.05, 0) is 25.1 Å². The molecule has 0 spiro atoms. The standard InChI is InChI=1S/C19H26N4O5S/c1-5-8-10-22-12-20-16(15(22)18(26)28-7-3)21-19-23(9-6-2)17(25)13(29-19)11-14(24)27-4/h6,11,20H,2,5,7-10,12H2,1,3-4H3. The molecule has 2 heterocycles. The van der Waals surface area contributed by atoms with Crippen molar-refractivity contribution in [1.29, 1.82) is 0 Å². The maximum absolute atomic E-state index is 12.6. The largest absolute Gasteiger partial charge is 0.466 e. The van der Waals surface area contributed by atoms with E-state index >= 15 is 0 Å². The second kappa shape index (κ2) is 10.7. The molecule has 0 radical (unpaired) electrons. The molecule has 0 atom stereocenters. The Balaban J connectivity index is 2.42. The molecule has 158 valence electrons. The summed E-state index contributed by atoms with van der Waals surface area (Å²) >= 11 is 1.04. The fourth-order valence-electron chi connectivity index (χ4n) is 2.68. The van der Waals surface area contributed by atoms with E-state index in [-0.39, 0.29) is 24.0 Å². The van der Waals surface area contributed by atoms with Crippen LogP contribution in [0.2, 0.25) is 0 Å². The molecular weight excluding hydrogens is 396 g/mol. The maximum Gasteiger partial charge on any atom is 0.358 e. The summed E-state index contributed by atoms with van der Waals surface area (Å²) < 4.78 is 9.79. The first-order valence-corrected chi connectivity index (χ1v) is 10.2. The summed E-state index contributed by atoms with van der Waals surface area (Å²) in [5, 5.41) is 3.44. The smallest absolute Gasteiger partial charge is 0.358 e. The zero-order chi connectivity index (χ0) is 21.4. The van der Waals surface area contributed by atoms with Crippen molar-refractivity contribution < 1.29 is 23.9 Å². The molecule has 1 amide bonds. The molecule has 0 unspecified atom stereocenters. The first kappa shape index (κ1) is 22.5. The summed E-state index contributed by atoms with van der Waals surface area (Å²) in [6.07, 6.45) is 4.58. The molecule has 2 aliphatic rings. The number of esters is 2. The van der Waals surface area contributed by atoms with E-state index in [1.807, 2.05) is 4.90 Å². The topological polar surface area (TPSA) is 101 Å². The van der Waals surface area contributed by atoms with Gasteiger partial charge in [0.1, 0.15) is 0 Å². The molecule has 2 aliphatic heterocycles. The van der Waals surface area contributed by atoms with Gasteiger partial charge in [0.25, 0.3) is 5.91 Å². The van der Waals surface area contributed by atoms with Crippen molar-refractivity contribution in [3.63, 3.8) is 0 Å². The fourth-order valence-corrected chi connectivity index (χ4v) is 3.64. The van der Waals surface area contributed by atoms with Crippen LogP contribution in [0.3, 0.4) is 0 Å². The number of aliphatic imine (C=N–C) groups is 1. The number of carbonyl (C=O) groups excluding carboxylic acids is 3. The second-order valence-corrected chi connectivity index (χ2v) is 7.11. The summed E-state index contributed by atoms with van der Waals surface area (Å²) in [6, 6.07) is 0. The van der Waals surface area contributed by atoms with E-state index in [0.29, 0.717) is 29.9 Å². The van der Waals surface area contributed by atoms with Crippen LogP contribution >= 0.6 is 11.8 Å². The SMILES string of the molecule is C=CCN1C(=O)C(=CC(=O)OC)SC1=NC1=C(C(=O)OCC)N(CCCC)CN1. The molecule has 0 saturated carbocycles. The van der Waals surface area contributed by atoms with Crippen LogP contribution in [0.4, 0.5) is 0 Å². The van der Waals surface area contributed by atoms with E-state index in [2.05, 4.69) is 28.5 Å². The molecule has 0 aromatic carbocycles. The average Bonchev–Trinajstić information content (AvgIpc) is 3.23. The molecule has 0 aliphatic carbocycles. The lowest BCUT2D eigenvalue weighted by atomic mass is 10.3. The number of ether oxygens (including phenoxy) is 2. The molecule has 1 N–H and O–H groups in total. The Morgan fingerprint density at radius 2 is 2.14 bits per heavy atom. The van der Waals surface area contributed by atoms with Crippen LogP contribution < -0.4 is 5.32 Å². The van der Waals surface area contributed by atoms with Crippen LogP contribution in [0.25, 0.3) is 0 Å². The number of nitrogens with zero attached hydrogens (tertiary/aromatic N) is 3. The number of amides is 1. The predicted octanol–water partition coefficient (Wildman–Crippen LogP) is 1.56. The summed E-state index contributed by atoms with van der Waals surface area (Å²) in [5.74, 6) is -1.14. The predicted molar refractivity (Wildman–Crippen MR) is 110 cm³/mol. The van der Waals surface area contributed by atoms with E-state index in [1.54, 1.807) is 13.0 Å². The minimum Gasteiger partial charge on any atom is -0.466 e. The monoisotopic (exact) mass is 422 g/mol. The molecule has 10 heteroatoms. The molecule has 9 nitrogen and oxygen atoms in total. The Bertz CT molecular complexity index is 775. The van der Waals surface area contributed by atoms with E-state index in [1.165, 1.54) is 12.0 Å². The highest BCUT2D eigenvalue weighted by atomic mass is 32.2. The van der Waals surface area contributed by atoms with Crippen LogP contribution in [0.1, 0.15) is 26.7 Å². The highest BCUT2D eigenvalue weighted by Crippen LogP contribution is 2.32. The number of methoxy groups -OCH3 is 1. The lowest BCUT2D eigenvalue weighted by Gasteiger charge is -2.19. The third-order valence-corrected chi connectivity index (χ3v) is 5.09. The third kappa shape index (κ3) is 5.41. The molecule has 1 fully saturated rings. The van der Waals surface area contributed by atoms with Crippen LogP contribution in [-0.4, -0.2) is 66.3 Å². The molecule has 1 saturated heterocycles. The lowest BCUT2D eigenvalue weighted by molar-refractivity contribution is -0.140. The second-order valence-electron chi connectivity index (χ2n) is 6.10. The molecular formula is C19H26N4O5S. The van der Waals surface area contributed by atoms with Crippen LogP contribution in [0.5, 0.6) is 0 Å².